The Morgan fingerprint density at radius 3 is 2.14 bits per heavy atom. The normalized spacial score (nSPS) is 14.0. The lowest BCUT2D eigenvalue weighted by Gasteiger charge is -2.28. The largest absolute Gasteiger partial charge is 0.279 e. The molecule has 0 amide bonds. The number of hydrogen-bond donors (Lipinski definition) is 1. The van der Waals surface area contributed by atoms with Crippen LogP contribution in [0.25, 0.3) is 0 Å². The molecule has 0 aromatic rings. The molecule has 0 aromatic heterocycles. The van der Waals surface area contributed by atoms with Crippen molar-refractivity contribution in [3.05, 3.63) is 0 Å². The van der Waals surface area contributed by atoms with Gasteiger partial charge in [-0.3, -0.25) is 0 Å². The predicted octanol–water partition coefficient (Wildman–Crippen LogP) is 1.18. The van der Waals surface area contributed by atoms with Crippen molar-refractivity contribution in [3.8, 4) is 0 Å². The van der Waals surface area contributed by atoms with Gasteiger partial charge in [0, 0.05) is 24.5 Å². The van der Waals surface area contributed by atoms with Crippen LogP contribution >= 0.6 is 11.6 Å². The van der Waals surface area contributed by atoms with Crippen LogP contribution in [0.3, 0.4) is 0 Å². The molecular weight excluding hydrogens is 224 g/mol. The average Bonchev–Trinajstić information content (AvgIpc) is 2.01. The maximum absolute atomic E-state index is 11.7. The number of rotatable bonds is 5. The second kappa shape index (κ2) is 4.79. The molecule has 6 heteroatoms. The summed E-state index contributed by atoms with van der Waals surface area (Å²) in [5.74, 6) is 0.234. The summed E-state index contributed by atoms with van der Waals surface area (Å²) in [6.45, 7) is 7.11. The van der Waals surface area contributed by atoms with E-state index in [1.54, 1.807) is 13.8 Å². The third kappa shape index (κ3) is 4.13. The molecule has 0 atom stereocenters. The van der Waals surface area contributed by atoms with E-state index < -0.39 is 15.7 Å². The van der Waals surface area contributed by atoms with Crippen LogP contribution in [0.1, 0.15) is 27.7 Å². The van der Waals surface area contributed by atoms with Gasteiger partial charge in [0.25, 0.3) is 10.2 Å². The summed E-state index contributed by atoms with van der Waals surface area (Å²) < 4.78 is 27.2. The highest BCUT2D eigenvalue weighted by Gasteiger charge is 2.28. The molecule has 0 heterocycles. The molecule has 0 rings (SSSR count). The highest BCUT2D eigenvalue weighted by atomic mass is 35.5. The molecule has 0 saturated carbocycles. The minimum absolute atomic E-state index is 0.0707. The maximum Gasteiger partial charge on any atom is 0.279 e. The van der Waals surface area contributed by atoms with Crippen molar-refractivity contribution in [1.29, 1.82) is 0 Å². The Bertz CT molecular complexity index is 275. The molecule has 86 valence electrons. The first kappa shape index (κ1) is 14.2. The molecule has 14 heavy (non-hydrogen) atoms. The summed E-state index contributed by atoms with van der Waals surface area (Å²) in [6.07, 6.45) is 0. The number of nitrogens with zero attached hydrogens (tertiary/aromatic N) is 1. The zero-order chi connectivity index (χ0) is 11.6. The second-order valence-electron chi connectivity index (χ2n) is 4.23. The highest BCUT2D eigenvalue weighted by molar-refractivity contribution is 7.87. The minimum atomic E-state index is -3.43. The van der Waals surface area contributed by atoms with Gasteiger partial charge in [-0.25, -0.2) is 0 Å². The van der Waals surface area contributed by atoms with Gasteiger partial charge in [-0.15, -0.1) is 11.6 Å². The van der Waals surface area contributed by atoms with Gasteiger partial charge in [-0.1, -0.05) is 0 Å². The Balaban J connectivity index is 4.67. The van der Waals surface area contributed by atoms with Gasteiger partial charge in [0.1, 0.15) is 0 Å². The summed E-state index contributed by atoms with van der Waals surface area (Å²) in [7, 11) is -1.89. The van der Waals surface area contributed by atoms with E-state index in [0.717, 1.165) is 0 Å². The quantitative estimate of drug-likeness (QED) is 0.736. The van der Waals surface area contributed by atoms with Crippen LogP contribution in [0, 0.1) is 0 Å². The zero-order valence-electron chi connectivity index (χ0n) is 9.33. The Kier molecular flexibility index (Phi) is 4.84. The Morgan fingerprint density at radius 1 is 1.43 bits per heavy atom. The average molecular weight is 243 g/mol. The van der Waals surface area contributed by atoms with E-state index >= 15 is 0 Å². The molecule has 0 bridgehead atoms. The Labute approximate surface area is 91.8 Å². The molecule has 0 unspecified atom stereocenters. The highest BCUT2D eigenvalue weighted by Crippen LogP contribution is 2.10. The van der Waals surface area contributed by atoms with Crippen molar-refractivity contribution in [2.75, 3.05) is 12.9 Å². The van der Waals surface area contributed by atoms with Gasteiger partial charge in [-0.2, -0.15) is 17.4 Å². The molecular formula is C8H19ClN2O2S. The first-order valence-corrected chi connectivity index (χ1v) is 6.43. The number of halogens is 1. The number of alkyl halides is 1. The standard InChI is InChI=1S/C8H19ClN2O2S/c1-7(2)11(5)14(12,13)10-8(3,4)6-9/h7,10H,6H2,1-5H3. The molecule has 4 nitrogen and oxygen atoms in total. The van der Waals surface area contributed by atoms with Crippen LogP contribution in [0.2, 0.25) is 0 Å². The first-order valence-electron chi connectivity index (χ1n) is 4.45. The van der Waals surface area contributed by atoms with Gasteiger partial charge in [0.05, 0.1) is 0 Å². The molecule has 0 radical (unpaired) electrons. The Morgan fingerprint density at radius 2 is 1.86 bits per heavy atom. The van der Waals surface area contributed by atoms with E-state index in [1.165, 1.54) is 11.4 Å². The Hall–Kier alpha value is 0.160. The fourth-order valence-corrected chi connectivity index (χ4v) is 2.34. The molecule has 0 aliphatic carbocycles. The van der Waals surface area contributed by atoms with E-state index in [2.05, 4.69) is 4.72 Å². The van der Waals surface area contributed by atoms with Crippen LogP contribution in [-0.4, -0.2) is 37.2 Å². The summed E-state index contributed by atoms with van der Waals surface area (Å²) in [6, 6.07) is -0.0707. The van der Waals surface area contributed by atoms with Crippen molar-refractivity contribution >= 4 is 21.8 Å². The van der Waals surface area contributed by atoms with Crippen molar-refractivity contribution in [2.24, 2.45) is 0 Å². The summed E-state index contributed by atoms with van der Waals surface area (Å²) in [4.78, 5) is 0. The molecule has 1 N–H and O–H groups in total. The molecule has 0 aliphatic rings. The summed E-state index contributed by atoms with van der Waals surface area (Å²) in [5, 5.41) is 0. The van der Waals surface area contributed by atoms with Gasteiger partial charge in [0.2, 0.25) is 0 Å². The van der Waals surface area contributed by atoms with Crippen LogP contribution in [-0.2, 0) is 10.2 Å². The van der Waals surface area contributed by atoms with Gasteiger partial charge < -0.3 is 0 Å². The third-order valence-corrected chi connectivity index (χ3v) is 4.50. The number of nitrogens with one attached hydrogen (secondary N) is 1. The predicted molar refractivity (Wildman–Crippen MR) is 59.8 cm³/mol. The van der Waals surface area contributed by atoms with Gasteiger partial charge in [-0.05, 0) is 27.7 Å². The van der Waals surface area contributed by atoms with E-state index in [0.29, 0.717) is 0 Å². The van der Waals surface area contributed by atoms with E-state index in [4.69, 9.17) is 11.6 Å². The van der Waals surface area contributed by atoms with Gasteiger partial charge >= 0.3 is 0 Å². The van der Waals surface area contributed by atoms with Crippen LogP contribution in [0.4, 0.5) is 0 Å². The fourth-order valence-electron chi connectivity index (χ4n) is 0.726. The summed E-state index contributed by atoms with van der Waals surface area (Å²) in [5.41, 5.74) is -0.621. The van der Waals surface area contributed by atoms with Gasteiger partial charge in [0.15, 0.2) is 0 Å². The van der Waals surface area contributed by atoms with Crippen molar-refractivity contribution in [1.82, 2.24) is 9.03 Å². The second-order valence-corrected chi connectivity index (χ2v) is 6.23. The fraction of sp³-hybridized carbons (Fsp3) is 1.00. The monoisotopic (exact) mass is 242 g/mol. The van der Waals surface area contributed by atoms with E-state index in [-0.39, 0.29) is 11.9 Å². The van der Waals surface area contributed by atoms with Crippen LogP contribution in [0.5, 0.6) is 0 Å². The lowest BCUT2D eigenvalue weighted by molar-refractivity contribution is 0.384. The minimum Gasteiger partial charge on any atom is -0.195 e. The van der Waals surface area contributed by atoms with Crippen LogP contribution in [0.15, 0.2) is 0 Å². The van der Waals surface area contributed by atoms with Crippen molar-refractivity contribution in [3.63, 3.8) is 0 Å². The van der Waals surface area contributed by atoms with E-state index in [1.807, 2.05) is 13.8 Å². The van der Waals surface area contributed by atoms with Crippen molar-refractivity contribution < 1.29 is 8.42 Å². The molecule has 0 aliphatic heterocycles. The topological polar surface area (TPSA) is 49.4 Å². The summed E-state index contributed by atoms with van der Waals surface area (Å²) >= 11 is 5.64. The number of hydrogen-bond acceptors (Lipinski definition) is 2. The van der Waals surface area contributed by atoms with E-state index in [9.17, 15) is 8.42 Å². The zero-order valence-corrected chi connectivity index (χ0v) is 10.9. The van der Waals surface area contributed by atoms with Crippen molar-refractivity contribution in [2.45, 2.75) is 39.3 Å². The molecule has 0 spiro atoms. The molecule has 0 aromatic carbocycles. The van der Waals surface area contributed by atoms with Crippen LogP contribution < -0.4 is 4.72 Å². The molecule has 0 saturated heterocycles. The smallest absolute Gasteiger partial charge is 0.195 e. The molecule has 0 fully saturated rings. The lowest BCUT2D eigenvalue weighted by Crippen LogP contribution is -2.51. The third-order valence-electron chi connectivity index (χ3n) is 1.85. The lowest BCUT2D eigenvalue weighted by atomic mass is 10.1. The maximum atomic E-state index is 11.7. The SMILES string of the molecule is CC(C)N(C)S(=O)(=O)NC(C)(C)CCl. The first-order chi connectivity index (χ1) is 6.12.